The van der Waals surface area contributed by atoms with Gasteiger partial charge in [0.15, 0.2) is 0 Å². The molecule has 5 heteroatoms. The van der Waals surface area contributed by atoms with Crippen LogP contribution in [0, 0.1) is 6.92 Å². The van der Waals surface area contributed by atoms with Gasteiger partial charge < -0.3 is 10.4 Å². The molecular formula is C12H16N2O3. The summed E-state index contributed by atoms with van der Waals surface area (Å²) in [6.45, 7) is 3.88. The summed E-state index contributed by atoms with van der Waals surface area (Å²) in [6.07, 6.45) is 0. The van der Waals surface area contributed by atoms with Crippen LogP contribution in [0.25, 0.3) is 0 Å². The molecule has 0 spiro atoms. The van der Waals surface area contributed by atoms with Crippen LogP contribution in [0.3, 0.4) is 0 Å². The standard InChI is InChI=1S/C12H16N2O3/c1-3-14(12(17)13-8-11(15)16)10-6-4-5-9(2)7-10/h4-7H,3,8H2,1-2H3,(H,13,17)(H,15,16). The molecule has 1 aromatic carbocycles. The van der Waals surface area contributed by atoms with Gasteiger partial charge in [-0.2, -0.15) is 0 Å². The fourth-order valence-corrected chi connectivity index (χ4v) is 1.49. The molecule has 0 fully saturated rings. The van der Waals surface area contributed by atoms with Crippen LogP contribution in [-0.2, 0) is 4.79 Å². The maximum absolute atomic E-state index is 11.7. The van der Waals surface area contributed by atoms with E-state index < -0.39 is 12.0 Å². The molecule has 2 N–H and O–H groups in total. The molecule has 0 aliphatic heterocycles. The topological polar surface area (TPSA) is 69.6 Å². The molecule has 0 unspecified atom stereocenters. The number of carboxylic acids is 1. The highest BCUT2D eigenvalue weighted by Crippen LogP contribution is 2.15. The van der Waals surface area contributed by atoms with Crippen LogP contribution >= 0.6 is 0 Å². The third kappa shape index (κ3) is 3.79. The fourth-order valence-electron chi connectivity index (χ4n) is 1.49. The molecule has 0 aliphatic carbocycles. The minimum Gasteiger partial charge on any atom is -0.480 e. The molecule has 0 radical (unpaired) electrons. The smallest absolute Gasteiger partial charge is 0.323 e. The summed E-state index contributed by atoms with van der Waals surface area (Å²) >= 11 is 0. The molecule has 0 saturated carbocycles. The number of carboxylic acid groups (broad SMARTS) is 1. The predicted molar refractivity (Wildman–Crippen MR) is 65.2 cm³/mol. The number of anilines is 1. The van der Waals surface area contributed by atoms with Crippen molar-refractivity contribution in [1.82, 2.24) is 5.32 Å². The van der Waals surface area contributed by atoms with Crippen molar-refractivity contribution in [3.05, 3.63) is 29.8 Å². The highest BCUT2D eigenvalue weighted by molar-refractivity contribution is 5.93. The van der Waals surface area contributed by atoms with Gasteiger partial charge >= 0.3 is 12.0 Å². The first-order valence-electron chi connectivity index (χ1n) is 5.38. The minimum atomic E-state index is -1.06. The van der Waals surface area contributed by atoms with E-state index in [-0.39, 0.29) is 6.54 Å². The largest absolute Gasteiger partial charge is 0.480 e. The number of aryl methyl sites for hydroxylation is 1. The van der Waals surface area contributed by atoms with Gasteiger partial charge in [-0.25, -0.2) is 4.79 Å². The van der Waals surface area contributed by atoms with Gasteiger partial charge in [0.1, 0.15) is 6.54 Å². The summed E-state index contributed by atoms with van der Waals surface area (Å²) in [5, 5.41) is 10.8. The number of benzene rings is 1. The number of carbonyl (C=O) groups is 2. The average Bonchev–Trinajstić information content (AvgIpc) is 2.27. The number of urea groups is 1. The Labute approximate surface area is 100 Å². The van der Waals surface area contributed by atoms with E-state index in [4.69, 9.17) is 5.11 Å². The molecule has 5 nitrogen and oxygen atoms in total. The van der Waals surface area contributed by atoms with Gasteiger partial charge in [0.2, 0.25) is 0 Å². The zero-order valence-electron chi connectivity index (χ0n) is 9.93. The van der Waals surface area contributed by atoms with Gasteiger partial charge in [-0.05, 0) is 31.5 Å². The van der Waals surface area contributed by atoms with Crippen LogP contribution in [0.1, 0.15) is 12.5 Å². The van der Waals surface area contributed by atoms with E-state index in [2.05, 4.69) is 5.32 Å². The molecule has 0 heterocycles. The van der Waals surface area contributed by atoms with E-state index in [1.165, 1.54) is 4.90 Å². The number of nitrogens with one attached hydrogen (secondary N) is 1. The summed E-state index contributed by atoms with van der Waals surface area (Å²) in [6, 6.07) is 7.09. The summed E-state index contributed by atoms with van der Waals surface area (Å²) < 4.78 is 0. The summed E-state index contributed by atoms with van der Waals surface area (Å²) in [5.74, 6) is -1.06. The van der Waals surface area contributed by atoms with Crippen molar-refractivity contribution in [2.24, 2.45) is 0 Å². The van der Waals surface area contributed by atoms with E-state index >= 15 is 0 Å². The van der Waals surface area contributed by atoms with Crippen molar-refractivity contribution in [3.8, 4) is 0 Å². The van der Waals surface area contributed by atoms with Gasteiger partial charge in [-0.3, -0.25) is 9.69 Å². The molecule has 1 rings (SSSR count). The van der Waals surface area contributed by atoms with Gasteiger partial charge in [-0.15, -0.1) is 0 Å². The van der Waals surface area contributed by atoms with Crippen LogP contribution in [-0.4, -0.2) is 30.2 Å². The molecular weight excluding hydrogens is 220 g/mol. The second kappa shape index (κ2) is 5.89. The van der Waals surface area contributed by atoms with Crippen LogP contribution in [0.5, 0.6) is 0 Å². The zero-order chi connectivity index (χ0) is 12.8. The molecule has 92 valence electrons. The molecule has 0 atom stereocenters. The van der Waals surface area contributed by atoms with E-state index in [0.29, 0.717) is 6.54 Å². The van der Waals surface area contributed by atoms with Crippen molar-refractivity contribution in [2.75, 3.05) is 18.0 Å². The first-order chi connectivity index (χ1) is 8.04. The van der Waals surface area contributed by atoms with Gasteiger partial charge in [-0.1, -0.05) is 12.1 Å². The summed E-state index contributed by atoms with van der Waals surface area (Å²) in [7, 11) is 0. The quantitative estimate of drug-likeness (QED) is 0.834. The Kier molecular flexibility index (Phi) is 4.51. The average molecular weight is 236 g/mol. The highest BCUT2D eigenvalue weighted by Gasteiger charge is 2.14. The maximum atomic E-state index is 11.7. The lowest BCUT2D eigenvalue weighted by Crippen LogP contribution is -2.42. The Morgan fingerprint density at radius 1 is 1.41 bits per heavy atom. The Morgan fingerprint density at radius 3 is 2.65 bits per heavy atom. The number of hydrogen-bond acceptors (Lipinski definition) is 2. The van der Waals surface area contributed by atoms with E-state index in [1.54, 1.807) is 0 Å². The van der Waals surface area contributed by atoms with Crippen molar-refractivity contribution >= 4 is 17.7 Å². The van der Waals surface area contributed by atoms with Crippen LogP contribution in [0.2, 0.25) is 0 Å². The lowest BCUT2D eigenvalue weighted by Gasteiger charge is -2.21. The monoisotopic (exact) mass is 236 g/mol. The zero-order valence-corrected chi connectivity index (χ0v) is 9.93. The number of aliphatic carboxylic acids is 1. The Morgan fingerprint density at radius 2 is 2.12 bits per heavy atom. The van der Waals surface area contributed by atoms with E-state index in [9.17, 15) is 9.59 Å². The molecule has 17 heavy (non-hydrogen) atoms. The van der Waals surface area contributed by atoms with E-state index in [0.717, 1.165) is 11.3 Å². The third-order valence-corrected chi connectivity index (χ3v) is 2.27. The Bertz CT molecular complexity index is 418. The molecule has 0 aliphatic rings. The lowest BCUT2D eigenvalue weighted by atomic mass is 10.2. The molecule has 1 aromatic rings. The number of carbonyl (C=O) groups excluding carboxylic acids is 1. The first kappa shape index (κ1) is 13.0. The Hall–Kier alpha value is -2.04. The van der Waals surface area contributed by atoms with Gasteiger partial charge in [0.25, 0.3) is 0 Å². The van der Waals surface area contributed by atoms with Crippen molar-refractivity contribution < 1.29 is 14.7 Å². The number of rotatable bonds is 4. The maximum Gasteiger partial charge on any atom is 0.323 e. The van der Waals surface area contributed by atoms with Gasteiger partial charge in [0.05, 0.1) is 0 Å². The van der Waals surface area contributed by atoms with Crippen LogP contribution in [0.15, 0.2) is 24.3 Å². The molecule has 2 amide bonds. The second-order valence-corrected chi connectivity index (χ2v) is 3.64. The summed E-state index contributed by atoms with van der Waals surface area (Å²) in [5.41, 5.74) is 1.81. The van der Waals surface area contributed by atoms with Gasteiger partial charge in [0, 0.05) is 12.2 Å². The van der Waals surface area contributed by atoms with Crippen molar-refractivity contribution in [3.63, 3.8) is 0 Å². The lowest BCUT2D eigenvalue weighted by molar-refractivity contribution is -0.135. The van der Waals surface area contributed by atoms with E-state index in [1.807, 2.05) is 38.1 Å². The first-order valence-corrected chi connectivity index (χ1v) is 5.38. The minimum absolute atomic E-state index is 0.374. The Balaban J connectivity index is 2.77. The fraction of sp³-hybridized carbons (Fsp3) is 0.333. The normalized spacial score (nSPS) is 9.76. The highest BCUT2D eigenvalue weighted by atomic mass is 16.4. The van der Waals surface area contributed by atoms with Crippen LogP contribution < -0.4 is 10.2 Å². The summed E-state index contributed by atoms with van der Waals surface area (Å²) in [4.78, 5) is 23.6. The van der Waals surface area contributed by atoms with Crippen molar-refractivity contribution in [2.45, 2.75) is 13.8 Å². The predicted octanol–water partition coefficient (Wildman–Crippen LogP) is 1.62. The SMILES string of the molecule is CCN(C(=O)NCC(=O)O)c1cccc(C)c1. The molecule has 0 saturated heterocycles. The number of amides is 2. The molecule has 0 bridgehead atoms. The molecule has 0 aromatic heterocycles. The third-order valence-electron chi connectivity index (χ3n) is 2.27. The number of hydrogen-bond donors (Lipinski definition) is 2. The second-order valence-electron chi connectivity index (χ2n) is 3.64. The van der Waals surface area contributed by atoms with Crippen LogP contribution in [0.4, 0.5) is 10.5 Å². The number of nitrogens with zero attached hydrogens (tertiary/aromatic N) is 1. The van der Waals surface area contributed by atoms with Crippen molar-refractivity contribution in [1.29, 1.82) is 0 Å².